The lowest BCUT2D eigenvalue weighted by Crippen LogP contribution is -2.28. The molecule has 2 atom stereocenters. The predicted octanol–water partition coefficient (Wildman–Crippen LogP) is 3.82. The minimum Gasteiger partial charge on any atom is -0.463 e. The van der Waals surface area contributed by atoms with E-state index >= 15 is 0 Å². The number of hydrogen-bond acceptors (Lipinski definition) is 4. The van der Waals surface area contributed by atoms with Crippen molar-refractivity contribution in [2.24, 2.45) is 0 Å². The third-order valence-corrected chi connectivity index (χ3v) is 3.79. The fourth-order valence-electron chi connectivity index (χ4n) is 2.60. The summed E-state index contributed by atoms with van der Waals surface area (Å²) in [5, 5.41) is 3.57. The van der Waals surface area contributed by atoms with Gasteiger partial charge in [-0.3, -0.25) is 5.32 Å². The third-order valence-electron chi connectivity index (χ3n) is 3.79. The van der Waals surface area contributed by atoms with Crippen LogP contribution in [0.25, 0.3) is 0 Å². The van der Waals surface area contributed by atoms with E-state index in [1.807, 2.05) is 54.6 Å². The van der Waals surface area contributed by atoms with E-state index in [2.05, 4.69) is 17.4 Å². The van der Waals surface area contributed by atoms with Crippen LogP contribution in [0.3, 0.4) is 0 Å². The number of carbonyl (C=O) groups excluding carboxylic acids is 1. The zero-order valence-corrected chi connectivity index (χ0v) is 14.7. The van der Waals surface area contributed by atoms with E-state index in [0.717, 1.165) is 11.1 Å². The van der Waals surface area contributed by atoms with Crippen LogP contribution in [0, 0.1) is 0 Å². The molecule has 0 saturated heterocycles. The summed E-state index contributed by atoms with van der Waals surface area (Å²) in [6.07, 6.45) is 3.31. The molecule has 0 spiro atoms. The number of carbonyl (C=O) groups is 1. The fourth-order valence-corrected chi connectivity index (χ4v) is 2.60. The van der Waals surface area contributed by atoms with E-state index < -0.39 is 0 Å². The lowest BCUT2D eigenvalue weighted by Gasteiger charge is -2.24. The van der Waals surface area contributed by atoms with Crippen molar-refractivity contribution >= 4 is 5.97 Å². The molecule has 0 aromatic heterocycles. The fraction of sp³-hybridized carbons (Fsp3) is 0.286. The van der Waals surface area contributed by atoms with E-state index in [1.165, 1.54) is 6.08 Å². The molecule has 0 aliphatic carbocycles. The highest BCUT2D eigenvalue weighted by atomic mass is 16.5. The van der Waals surface area contributed by atoms with Gasteiger partial charge in [-0.15, -0.1) is 0 Å². The standard InChI is InChI=1S/C21H25NO3/c1-3-25-21(23)15-14-19(17-10-6-4-7-11-17)22-20(16-24-2)18-12-8-5-9-13-18/h4-15,19-20,22H,3,16H2,1-2H3/b15-14+/t19-,20+/m1/s1. The minimum absolute atomic E-state index is 0.00301. The van der Waals surface area contributed by atoms with E-state index in [-0.39, 0.29) is 18.1 Å². The average Bonchev–Trinajstić information content (AvgIpc) is 2.66. The molecule has 0 aliphatic rings. The van der Waals surface area contributed by atoms with Gasteiger partial charge in [-0.1, -0.05) is 66.7 Å². The molecule has 2 rings (SSSR count). The van der Waals surface area contributed by atoms with Gasteiger partial charge in [0.2, 0.25) is 0 Å². The summed E-state index contributed by atoms with van der Waals surface area (Å²) in [6.45, 7) is 2.69. The van der Waals surface area contributed by atoms with E-state index in [1.54, 1.807) is 14.0 Å². The van der Waals surface area contributed by atoms with Crippen molar-refractivity contribution < 1.29 is 14.3 Å². The van der Waals surface area contributed by atoms with Gasteiger partial charge >= 0.3 is 5.97 Å². The van der Waals surface area contributed by atoms with Gasteiger partial charge in [0.05, 0.1) is 25.3 Å². The smallest absolute Gasteiger partial charge is 0.330 e. The Kier molecular flexibility index (Phi) is 7.89. The number of rotatable bonds is 9. The van der Waals surface area contributed by atoms with Gasteiger partial charge in [-0.2, -0.15) is 0 Å². The summed E-state index contributed by atoms with van der Waals surface area (Å²) < 4.78 is 10.4. The molecule has 2 aromatic carbocycles. The Labute approximate surface area is 149 Å². The maximum atomic E-state index is 11.7. The molecule has 0 heterocycles. The van der Waals surface area contributed by atoms with E-state index in [4.69, 9.17) is 9.47 Å². The normalized spacial score (nSPS) is 13.5. The van der Waals surface area contributed by atoms with Gasteiger partial charge in [0.25, 0.3) is 0 Å². The van der Waals surface area contributed by atoms with E-state index in [0.29, 0.717) is 13.2 Å². The van der Waals surface area contributed by atoms with Crippen LogP contribution in [0.15, 0.2) is 72.8 Å². The first-order valence-corrected chi connectivity index (χ1v) is 8.44. The lowest BCUT2D eigenvalue weighted by atomic mass is 10.0. The zero-order valence-electron chi connectivity index (χ0n) is 14.7. The molecule has 0 amide bonds. The average molecular weight is 339 g/mol. The first-order chi connectivity index (χ1) is 12.2. The SMILES string of the molecule is CCOC(=O)/C=C/[C@@H](N[C@@H](COC)c1ccccc1)c1ccccc1. The molecule has 2 aromatic rings. The topological polar surface area (TPSA) is 47.6 Å². The maximum Gasteiger partial charge on any atom is 0.330 e. The molecule has 132 valence electrons. The highest BCUT2D eigenvalue weighted by molar-refractivity contribution is 5.82. The summed E-state index contributed by atoms with van der Waals surface area (Å²) >= 11 is 0. The Bertz CT molecular complexity index is 655. The zero-order chi connectivity index (χ0) is 17.9. The van der Waals surface area contributed by atoms with E-state index in [9.17, 15) is 4.79 Å². The van der Waals surface area contributed by atoms with Crippen molar-refractivity contribution in [1.29, 1.82) is 0 Å². The number of ether oxygens (including phenoxy) is 2. The van der Waals surface area contributed by atoms with Crippen LogP contribution < -0.4 is 5.32 Å². The monoisotopic (exact) mass is 339 g/mol. The van der Waals surface area contributed by atoms with Gasteiger partial charge in [0.1, 0.15) is 0 Å². The quantitative estimate of drug-likeness (QED) is 0.557. The first kappa shape index (κ1) is 18.9. The first-order valence-electron chi connectivity index (χ1n) is 8.44. The Hall–Kier alpha value is -2.43. The molecular weight excluding hydrogens is 314 g/mol. The Morgan fingerprint density at radius 1 is 1.04 bits per heavy atom. The molecule has 4 nitrogen and oxygen atoms in total. The predicted molar refractivity (Wildman–Crippen MR) is 99.2 cm³/mol. The van der Waals surface area contributed by atoms with Crippen LogP contribution in [0.4, 0.5) is 0 Å². The summed E-state index contributed by atoms with van der Waals surface area (Å²) in [7, 11) is 1.68. The Morgan fingerprint density at radius 2 is 1.64 bits per heavy atom. The molecule has 0 aliphatic heterocycles. The van der Waals surface area contributed by atoms with Crippen LogP contribution in [0.2, 0.25) is 0 Å². The van der Waals surface area contributed by atoms with Crippen molar-refractivity contribution in [2.75, 3.05) is 20.3 Å². The number of hydrogen-bond donors (Lipinski definition) is 1. The van der Waals surface area contributed by atoms with Crippen LogP contribution in [0.5, 0.6) is 0 Å². The number of benzene rings is 2. The van der Waals surface area contributed by atoms with Crippen molar-refractivity contribution in [3.05, 3.63) is 83.9 Å². The molecule has 1 N–H and O–H groups in total. The van der Waals surface area contributed by atoms with Gasteiger partial charge < -0.3 is 9.47 Å². The van der Waals surface area contributed by atoms with Gasteiger partial charge in [-0.25, -0.2) is 4.79 Å². The van der Waals surface area contributed by atoms with Crippen LogP contribution in [0.1, 0.15) is 30.1 Å². The number of methoxy groups -OCH3 is 1. The highest BCUT2D eigenvalue weighted by Gasteiger charge is 2.17. The van der Waals surface area contributed by atoms with Crippen molar-refractivity contribution in [2.45, 2.75) is 19.0 Å². The van der Waals surface area contributed by atoms with Crippen molar-refractivity contribution in [3.8, 4) is 0 Å². The Balaban J connectivity index is 2.23. The molecule has 0 radical (unpaired) electrons. The second kappa shape index (κ2) is 10.4. The highest BCUT2D eigenvalue weighted by Crippen LogP contribution is 2.21. The molecule has 0 unspecified atom stereocenters. The summed E-state index contributed by atoms with van der Waals surface area (Å²) in [4.78, 5) is 11.7. The van der Waals surface area contributed by atoms with Gasteiger partial charge in [0.15, 0.2) is 0 Å². The van der Waals surface area contributed by atoms with Crippen LogP contribution >= 0.6 is 0 Å². The second-order valence-electron chi connectivity index (χ2n) is 5.58. The van der Waals surface area contributed by atoms with Crippen molar-refractivity contribution in [1.82, 2.24) is 5.32 Å². The maximum absolute atomic E-state index is 11.7. The Morgan fingerprint density at radius 3 is 2.20 bits per heavy atom. The molecule has 0 fully saturated rings. The van der Waals surface area contributed by atoms with Crippen molar-refractivity contribution in [3.63, 3.8) is 0 Å². The lowest BCUT2D eigenvalue weighted by molar-refractivity contribution is -0.137. The largest absolute Gasteiger partial charge is 0.463 e. The molecule has 0 saturated carbocycles. The summed E-state index contributed by atoms with van der Waals surface area (Å²) in [6, 6.07) is 20.0. The van der Waals surface area contributed by atoms with Gasteiger partial charge in [-0.05, 0) is 18.1 Å². The van der Waals surface area contributed by atoms with Gasteiger partial charge in [0, 0.05) is 13.2 Å². The third kappa shape index (κ3) is 6.18. The van der Waals surface area contributed by atoms with Crippen LogP contribution in [-0.2, 0) is 14.3 Å². The van der Waals surface area contributed by atoms with Crippen LogP contribution in [-0.4, -0.2) is 26.3 Å². The molecule has 0 bridgehead atoms. The minimum atomic E-state index is -0.340. The summed E-state index contributed by atoms with van der Waals surface area (Å²) in [5.41, 5.74) is 2.20. The number of nitrogens with one attached hydrogen (secondary N) is 1. The molecule has 25 heavy (non-hydrogen) atoms. The molecular formula is C21H25NO3. The second-order valence-corrected chi connectivity index (χ2v) is 5.58. The number of esters is 1. The molecule has 4 heteroatoms. The summed E-state index contributed by atoms with van der Waals surface area (Å²) in [5.74, 6) is -0.340.